The number of nitrogens with one attached hydrogen (secondary N) is 1. The van der Waals surface area contributed by atoms with Gasteiger partial charge in [-0.05, 0) is 56.4 Å². The summed E-state index contributed by atoms with van der Waals surface area (Å²) in [6.45, 7) is 2.52. The first kappa shape index (κ1) is 18.0. The zero-order valence-electron chi connectivity index (χ0n) is 16.1. The molecule has 1 atom stereocenters. The molecule has 1 aliphatic heterocycles. The van der Waals surface area contributed by atoms with Crippen LogP contribution in [0, 0.1) is 5.92 Å². The van der Waals surface area contributed by atoms with Crippen LogP contribution in [0.1, 0.15) is 70.6 Å². The van der Waals surface area contributed by atoms with Crippen molar-refractivity contribution >= 4 is 5.91 Å². The second kappa shape index (κ2) is 8.56. The molecule has 3 heteroatoms. The Morgan fingerprint density at radius 2 is 1.88 bits per heavy atom. The van der Waals surface area contributed by atoms with Crippen molar-refractivity contribution < 1.29 is 4.79 Å². The molecule has 2 saturated carbocycles. The molecule has 0 radical (unpaired) electrons. The van der Waals surface area contributed by atoms with Gasteiger partial charge < -0.3 is 5.32 Å². The molecule has 0 aromatic heterocycles. The van der Waals surface area contributed by atoms with Crippen LogP contribution in [0.5, 0.6) is 0 Å². The van der Waals surface area contributed by atoms with Crippen LogP contribution >= 0.6 is 0 Å². The van der Waals surface area contributed by atoms with Crippen molar-refractivity contribution in [2.75, 3.05) is 13.1 Å². The molecule has 3 aliphatic carbocycles. The van der Waals surface area contributed by atoms with Gasteiger partial charge in [0.15, 0.2) is 0 Å². The minimum absolute atomic E-state index is 0.202. The van der Waals surface area contributed by atoms with E-state index in [1.807, 2.05) is 0 Å². The topological polar surface area (TPSA) is 32.3 Å². The van der Waals surface area contributed by atoms with E-state index in [-0.39, 0.29) is 5.91 Å². The number of allylic oxidation sites excluding steroid dienone is 4. The second-order valence-corrected chi connectivity index (χ2v) is 8.71. The van der Waals surface area contributed by atoms with E-state index >= 15 is 0 Å². The number of piperidine rings is 1. The normalized spacial score (nSPS) is 27.9. The van der Waals surface area contributed by atoms with Crippen LogP contribution in [0.2, 0.25) is 0 Å². The molecule has 0 bridgehead atoms. The summed E-state index contributed by atoms with van der Waals surface area (Å²) in [6.07, 6.45) is 22.5. The number of hydrogen-bond acceptors (Lipinski definition) is 2. The molecule has 1 heterocycles. The molecule has 0 spiro atoms. The molecule has 4 rings (SSSR count). The highest BCUT2D eigenvalue weighted by Crippen LogP contribution is 2.30. The first-order valence-electron chi connectivity index (χ1n) is 10.9. The van der Waals surface area contributed by atoms with Gasteiger partial charge in [-0.1, -0.05) is 49.1 Å². The van der Waals surface area contributed by atoms with E-state index in [1.165, 1.54) is 63.6 Å². The average Bonchev–Trinajstić information content (AvgIpc) is 3.10. The SMILES string of the molecule is O=C(CC1=CCC(C=C2CCN(C3CCC3)CC2)C=C1)NC1CCCC1. The van der Waals surface area contributed by atoms with Crippen molar-refractivity contribution in [3.63, 3.8) is 0 Å². The molecule has 4 aliphatic rings. The Morgan fingerprint density at radius 3 is 2.50 bits per heavy atom. The number of nitrogens with zero attached hydrogens (tertiary/aromatic N) is 1. The maximum Gasteiger partial charge on any atom is 0.224 e. The lowest BCUT2D eigenvalue weighted by Crippen LogP contribution is -2.43. The van der Waals surface area contributed by atoms with E-state index in [1.54, 1.807) is 5.57 Å². The lowest BCUT2D eigenvalue weighted by molar-refractivity contribution is -0.121. The zero-order valence-corrected chi connectivity index (χ0v) is 16.1. The van der Waals surface area contributed by atoms with E-state index in [4.69, 9.17) is 0 Å². The number of likely N-dealkylation sites (tertiary alicyclic amines) is 1. The lowest BCUT2D eigenvalue weighted by Gasteiger charge is -2.40. The largest absolute Gasteiger partial charge is 0.353 e. The summed E-state index contributed by atoms with van der Waals surface area (Å²) in [5, 5.41) is 3.20. The van der Waals surface area contributed by atoms with E-state index in [9.17, 15) is 4.79 Å². The number of rotatable bonds is 5. The number of amides is 1. The summed E-state index contributed by atoms with van der Waals surface area (Å²) in [4.78, 5) is 14.9. The van der Waals surface area contributed by atoms with E-state index < -0.39 is 0 Å². The summed E-state index contributed by atoms with van der Waals surface area (Å²) in [5.41, 5.74) is 2.83. The first-order valence-corrected chi connectivity index (χ1v) is 10.9. The predicted octanol–water partition coefficient (Wildman–Crippen LogP) is 4.51. The van der Waals surface area contributed by atoms with Gasteiger partial charge in [-0.25, -0.2) is 0 Å². The van der Waals surface area contributed by atoms with E-state index in [0.717, 1.165) is 25.3 Å². The van der Waals surface area contributed by atoms with E-state index in [0.29, 0.717) is 18.4 Å². The second-order valence-electron chi connectivity index (χ2n) is 8.71. The van der Waals surface area contributed by atoms with Gasteiger partial charge in [0.1, 0.15) is 0 Å². The molecule has 3 fully saturated rings. The molecule has 0 aromatic carbocycles. The fraction of sp³-hybridized carbons (Fsp3) is 0.696. The smallest absolute Gasteiger partial charge is 0.224 e. The van der Waals surface area contributed by atoms with Gasteiger partial charge in [0, 0.05) is 25.2 Å². The third-order valence-electron chi connectivity index (χ3n) is 6.78. The highest BCUT2D eigenvalue weighted by Gasteiger charge is 2.27. The third-order valence-corrected chi connectivity index (χ3v) is 6.78. The van der Waals surface area contributed by atoms with Crippen LogP contribution in [-0.2, 0) is 4.79 Å². The average molecular weight is 355 g/mol. The third kappa shape index (κ3) is 4.68. The van der Waals surface area contributed by atoms with Crippen molar-refractivity contribution in [3.8, 4) is 0 Å². The van der Waals surface area contributed by atoms with Crippen LogP contribution in [-0.4, -0.2) is 36.0 Å². The van der Waals surface area contributed by atoms with E-state index in [2.05, 4.69) is 34.5 Å². The molecule has 1 N–H and O–H groups in total. The Labute approximate surface area is 158 Å². The standard InChI is InChI=1S/C23H34N2O/c26-23(24-21-4-1-2-5-21)17-19-10-8-18(9-11-19)16-20-12-14-25(15-13-20)22-6-3-7-22/h8,10-11,16,18,21-22H,1-7,9,12-15,17H2,(H,24,26). The number of carbonyl (C=O) groups excluding carboxylic acids is 1. The Balaban J connectivity index is 1.20. The lowest BCUT2D eigenvalue weighted by atomic mass is 9.87. The molecule has 0 aromatic rings. The molecule has 142 valence electrons. The maximum atomic E-state index is 12.2. The van der Waals surface area contributed by atoms with Gasteiger partial charge in [0.2, 0.25) is 5.91 Å². The van der Waals surface area contributed by atoms with Gasteiger partial charge in [-0.3, -0.25) is 9.69 Å². The fourth-order valence-corrected chi connectivity index (χ4v) is 4.87. The number of carbonyl (C=O) groups is 1. The molecule has 1 amide bonds. The Bertz CT molecular complexity index is 583. The highest BCUT2D eigenvalue weighted by atomic mass is 16.1. The Hall–Kier alpha value is -1.35. The highest BCUT2D eigenvalue weighted by molar-refractivity contribution is 5.79. The van der Waals surface area contributed by atoms with Gasteiger partial charge in [0.05, 0.1) is 6.42 Å². The van der Waals surface area contributed by atoms with Crippen LogP contribution in [0.3, 0.4) is 0 Å². The molecule has 26 heavy (non-hydrogen) atoms. The molecular formula is C23H34N2O. The summed E-state index contributed by atoms with van der Waals surface area (Å²) in [7, 11) is 0. The Morgan fingerprint density at radius 1 is 1.12 bits per heavy atom. The van der Waals surface area contributed by atoms with Crippen molar-refractivity contribution in [2.45, 2.75) is 82.7 Å². The Kier molecular flexibility index (Phi) is 5.94. The maximum absolute atomic E-state index is 12.2. The predicted molar refractivity (Wildman–Crippen MR) is 107 cm³/mol. The molecule has 1 unspecified atom stereocenters. The van der Waals surface area contributed by atoms with Crippen LogP contribution in [0.4, 0.5) is 0 Å². The van der Waals surface area contributed by atoms with Crippen LogP contribution in [0.15, 0.2) is 35.5 Å². The first-order chi connectivity index (χ1) is 12.8. The summed E-state index contributed by atoms with van der Waals surface area (Å²) in [6, 6.07) is 1.32. The van der Waals surface area contributed by atoms with Crippen molar-refractivity contribution in [1.29, 1.82) is 0 Å². The van der Waals surface area contributed by atoms with Gasteiger partial charge in [-0.15, -0.1) is 0 Å². The van der Waals surface area contributed by atoms with Crippen molar-refractivity contribution in [2.24, 2.45) is 5.92 Å². The van der Waals surface area contributed by atoms with Crippen LogP contribution in [0.25, 0.3) is 0 Å². The molecule has 1 saturated heterocycles. The minimum Gasteiger partial charge on any atom is -0.353 e. The van der Waals surface area contributed by atoms with Gasteiger partial charge in [0.25, 0.3) is 0 Å². The summed E-state index contributed by atoms with van der Waals surface area (Å²) >= 11 is 0. The monoisotopic (exact) mass is 354 g/mol. The zero-order chi connectivity index (χ0) is 17.8. The summed E-state index contributed by atoms with van der Waals surface area (Å²) < 4.78 is 0. The quantitative estimate of drug-likeness (QED) is 0.737. The number of hydrogen-bond donors (Lipinski definition) is 1. The molecular weight excluding hydrogens is 320 g/mol. The van der Waals surface area contributed by atoms with Crippen molar-refractivity contribution in [3.05, 3.63) is 35.5 Å². The van der Waals surface area contributed by atoms with Gasteiger partial charge >= 0.3 is 0 Å². The fourth-order valence-electron chi connectivity index (χ4n) is 4.87. The van der Waals surface area contributed by atoms with Crippen LogP contribution < -0.4 is 5.32 Å². The molecule has 3 nitrogen and oxygen atoms in total. The minimum atomic E-state index is 0.202. The summed E-state index contributed by atoms with van der Waals surface area (Å²) in [5.74, 6) is 0.731. The van der Waals surface area contributed by atoms with Gasteiger partial charge in [-0.2, -0.15) is 0 Å². The van der Waals surface area contributed by atoms with Crippen molar-refractivity contribution in [1.82, 2.24) is 10.2 Å².